The fourth-order valence-corrected chi connectivity index (χ4v) is 3.31. The van der Waals surface area contributed by atoms with Crippen molar-refractivity contribution in [3.8, 4) is 11.1 Å². The molecule has 0 spiro atoms. The fraction of sp³-hybridized carbons (Fsp3) is 0.409. The van der Waals surface area contributed by atoms with Crippen molar-refractivity contribution in [1.29, 1.82) is 0 Å². The highest BCUT2D eigenvalue weighted by Crippen LogP contribution is 2.18. The summed E-state index contributed by atoms with van der Waals surface area (Å²) in [4.78, 5) is 41.1. The summed E-state index contributed by atoms with van der Waals surface area (Å²) in [7, 11) is 0. The average Bonchev–Trinajstić information content (AvgIpc) is 2.67. The van der Waals surface area contributed by atoms with E-state index in [1.807, 2.05) is 20.8 Å². The van der Waals surface area contributed by atoms with Gasteiger partial charge >= 0.3 is 6.09 Å². The van der Waals surface area contributed by atoms with Crippen LogP contribution in [0.1, 0.15) is 44.0 Å². The minimum absolute atomic E-state index is 0.125. The van der Waals surface area contributed by atoms with E-state index in [0.717, 1.165) is 18.4 Å². The van der Waals surface area contributed by atoms with E-state index in [2.05, 4.69) is 10.3 Å². The van der Waals surface area contributed by atoms with E-state index in [9.17, 15) is 14.4 Å². The van der Waals surface area contributed by atoms with Gasteiger partial charge in [-0.1, -0.05) is 12.1 Å². The molecule has 0 bridgehead atoms. The summed E-state index contributed by atoms with van der Waals surface area (Å²) in [5.74, 6) is -0.199. The number of nitrogens with zero attached hydrogens (tertiary/aromatic N) is 1. The zero-order valence-electron chi connectivity index (χ0n) is 17.0. The van der Waals surface area contributed by atoms with Crippen LogP contribution in [0.5, 0.6) is 0 Å². The molecule has 2 amide bonds. The van der Waals surface area contributed by atoms with E-state index in [0.29, 0.717) is 24.2 Å². The molecule has 2 aromatic rings. The zero-order chi connectivity index (χ0) is 21.0. The molecule has 1 aliphatic heterocycles. The van der Waals surface area contributed by atoms with Crippen LogP contribution in [0.25, 0.3) is 11.1 Å². The summed E-state index contributed by atoms with van der Waals surface area (Å²) in [5.41, 5.74) is 1.09. The molecule has 2 N–H and O–H groups in total. The lowest BCUT2D eigenvalue weighted by Crippen LogP contribution is -2.50. The van der Waals surface area contributed by atoms with Crippen molar-refractivity contribution in [3.63, 3.8) is 0 Å². The van der Waals surface area contributed by atoms with Crippen LogP contribution in [0.4, 0.5) is 4.79 Å². The molecule has 7 nitrogen and oxygen atoms in total. The summed E-state index contributed by atoms with van der Waals surface area (Å²) in [5, 5.41) is 3.00. The van der Waals surface area contributed by atoms with Gasteiger partial charge in [0.25, 0.3) is 11.5 Å². The van der Waals surface area contributed by atoms with Crippen LogP contribution in [-0.2, 0) is 4.74 Å². The first-order valence-electron chi connectivity index (χ1n) is 9.80. The van der Waals surface area contributed by atoms with Crippen molar-refractivity contribution in [2.45, 2.75) is 45.3 Å². The van der Waals surface area contributed by atoms with Gasteiger partial charge < -0.3 is 19.9 Å². The standard InChI is InChI=1S/C22H27N3O4/c1-22(2,3)29-21(28)25-13-5-6-17(14-25)24-19(26)16-10-8-15(9-11-16)18-7-4-12-23-20(18)27/h4,7-12,17H,5-6,13-14H2,1-3H3,(H,23,27)(H,24,26). The molecule has 1 aromatic carbocycles. The lowest BCUT2D eigenvalue weighted by Gasteiger charge is -2.34. The van der Waals surface area contributed by atoms with Gasteiger partial charge in [-0.05, 0) is 63.4 Å². The third-order valence-electron chi connectivity index (χ3n) is 4.68. The average molecular weight is 397 g/mol. The predicted octanol–water partition coefficient (Wildman–Crippen LogP) is 3.17. The van der Waals surface area contributed by atoms with Gasteiger partial charge in [0, 0.05) is 36.5 Å². The molecule has 1 saturated heterocycles. The number of aromatic nitrogens is 1. The smallest absolute Gasteiger partial charge is 0.410 e. The van der Waals surface area contributed by atoms with Gasteiger partial charge in [-0.15, -0.1) is 0 Å². The fourth-order valence-electron chi connectivity index (χ4n) is 3.31. The van der Waals surface area contributed by atoms with E-state index >= 15 is 0 Å². The highest BCUT2D eigenvalue weighted by molar-refractivity contribution is 5.95. The van der Waals surface area contributed by atoms with Crippen molar-refractivity contribution >= 4 is 12.0 Å². The van der Waals surface area contributed by atoms with Gasteiger partial charge in [0.05, 0.1) is 0 Å². The van der Waals surface area contributed by atoms with E-state index in [4.69, 9.17) is 4.74 Å². The highest BCUT2D eigenvalue weighted by atomic mass is 16.6. The monoisotopic (exact) mass is 397 g/mol. The third-order valence-corrected chi connectivity index (χ3v) is 4.68. The number of benzene rings is 1. The molecule has 0 radical (unpaired) electrons. The molecule has 1 unspecified atom stereocenters. The van der Waals surface area contributed by atoms with E-state index in [1.54, 1.807) is 47.5 Å². The number of ether oxygens (including phenoxy) is 1. The highest BCUT2D eigenvalue weighted by Gasteiger charge is 2.28. The zero-order valence-corrected chi connectivity index (χ0v) is 17.0. The van der Waals surface area contributed by atoms with Crippen molar-refractivity contribution in [2.24, 2.45) is 0 Å². The van der Waals surface area contributed by atoms with Crippen molar-refractivity contribution in [3.05, 3.63) is 58.5 Å². The number of pyridine rings is 1. The number of likely N-dealkylation sites (tertiary alicyclic amines) is 1. The van der Waals surface area contributed by atoms with Crippen LogP contribution >= 0.6 is 0 Å². The number of hydrogen-bond donors (Lipinski definition) is 2. The number of piperidine rings is 1. The Labute approximate surface area is 170 Å². The topological polar surface area (TPSA) is 91.5 Å². The summed E-state index contributed by atoms with van der Waals surface area (Å²) >= 11 is 0. The Hall–Kier alpha value is -3.09. The Morgan fingerprint density at radius 2 is 1.90 bits per heavy atom. The molecular formula is C22H27N3O4. The Balaban J connectivity index is 1.62. The molecule has 0 saturated carbocycles. The maximum absolute atomic E-state index is 12.6. The van der Waals surface area contributed by atoms with Crippen LogP contribution in [-0.4, -0.2) is 46.6 Å². The van der Waals surface area contributed by atoms with Crippen LogP contribution in [0.15, 0.2) is 47.4 Å². The summed E-state index contributed by atoms with van der Waals surface area (Å²) in [6.07, 6.45) is 2.84. The number of H-pyrrole nitrogens is 1. The van der Waals surface area contributed by atoms with Crippen LogP contribution in [0.2, 0.25) is 0 Å². The maximum Gasteiger partial charge on any atom is 0.410 e. The number of amides is 2. The van der Waals surface area contributed by atoms with Gasteiger partial charge in [-0.2, -0.15) is 0 Å². The SMILES string of the molecule is CC(C)(C)OC(=O)N1CCCC(NC(=O)c2ccc(-c3ccc[nH]c3=O)cc2)C1. The second kappa shape index (κ2) is 8.51. The first-order valence-corrected chi connectivity index (χ1v) is 9.80. The molecule has 3 rings (SSSR count). The van der Waals surface area contributed by atoms with Crippen molar-refractivity contribution in [2.75, 3.05) is 13.1 Å². The molecule has 154 valence electrons. The number of nitrogens with one attached hydrogen (secondary N) is 2. The number of aromatic amines is 1. The molecule has 1 aromatic heterocycles. The molecular weight excluding hydrogens is 370 g/mol. The summed E-state index contributed by atoms with van der Waals surface area (Å²) < 4.78 is 5.43. The maximum atomic E-state index is 12.6. The van der Waals surface area contributed by atoms with Gasteiger partial charge in [0.15, 0.2) is 0 Å². The summed E-state index contributed by atoms with van der Waals surface area (Å²) in [6, 6.07) is 10.3. The van der Waals surface area contributed by atoms with E-state index in [1.165, 1.54) is 0 Å². The molecule has 1 aliphatic rings. The number of hydrogen-bond acceptors (Lipinski definition) is 4. The van der Waals surface area contributed by atoms with Gasteiger partial charge in [0.2, 0.25) is 0 Å². The Morgan fingerprint density at radius 1 is 1.17 bits per heavy atom. The van der Waals surface area contributed by atoms with Gasteiger partial charge in [0.1, 0.15) is 5.60 Å². The largest absolute Gasteiger partial charge is 0.444 e. The first kappa shape index (κ1) is 20.6. The molecule has 2 heterocycles. The van der Waals surface area contributed by atoms with Gasteiger partial charge in [-0.3, -0.25) is 9.59 Å². The molecule has 7 heteroatoms. The molecule has 0 aliphatic carbocycles. The normalized spacial score (nSPS) is 16.9. The molecule has 1 fully saturated rings. The van der Waals surface area contributed by atoms with Gasteiger partial charge in [-0.25, -0.2) is 4.79 Å². The summed E-state index contributed by atoms with van der Waals surface area (Å²) in [6.45, 7) is 6.56. The number of carbonyl (C=O) groups is 2. The van der Waals surface area contributed by atoms with E-state index in [-0.39, 0.29) is 23.6 Å². The third kappa shape index (κ3) is 5.47. The lowest BCUT2D eigenvalue weighted by atomic mass is 10.0. The Morgan fingerprint density at radius 3 is 2.55 bits per heavy atom. The molecule has 1 atom stereocenters. The van der Waals surface area contributed by atoms with Crippen molar-refractivity contribution < 1.29 is 14.3 Å². The molecule has 29 heavy (non-hydrogen) atoms. The second-order valence-electron chi connectivity index (χ2n) is 8.23. The number of rotatable bonds is 3. The quantitative estimate of drug-likeness (QED) is 0.832. The minimum atomic E-state index is -0.546. The van der Waals surface area contributed by atoms with Crippen LogP contribution in [0.3, 0.4) is 0 Å². The van der Waals surface area contributed by atoms with Crippen molar-refractivity contribution in [1.82, 2.24) is 15.2 Å². The second-order valence-corrected chi connectivity index (χ2v) is 8.23. The predicted molar refractivity (Wildman–Crippen MR) is 111 cm³/mol. The van der Waals surface area contributed by atoms with Crippen LogP contribution < -0.4 is 10.9 Å². The lowest BCUT2D eigenvalue weighted by molar-refractivity contribution is 0.0185. The Bertz CT molecular complexity index is 928. The van der Waals surface area contributed by atoms with Crippen LogP contribution in [0, 0.1) is 0 Å². The minimum Gasteiger partial charge on any atom is -0.444 e. The van der Waals surface area contributed by atoms with E-state index < -0.39 is 5.60 Å². The first-order chi connectivity index (χ1) is 13.7. The number of carbonyl (C=O) groups excluding carboxylic acids is 2. The Kier molecular flexibility index (Phi) is 6.06.